The highest BCUT2D eigenvalue weighted by molar-refractivity contribution is 7.99. The third kappa shape index (κ3) is 3.98. The summed E-state index contributed by atoms with van der Waals surface area (Å²) < 4.78 is 13.1. The fourth-order valence-electron chi connectivity index (χ4n) is 3.34. The Morgan fingerprint density at radius 2 is 1.86 bits per heavy atom. The minimum atomic E-state index is 0.0521. The number of furan rings is 1. The predicted molar refractivity (Wildman–Crippen MR) is 106 cm³/mol. The highest BCUT2D eigenvalue weighted by atomic mass is 32.2. The van der Waals surface area contributed by atoms with Gasteiger partial charge in [-0.15, -0.1) is 10.2 Å². The molecule has 7 nitrogen and oxygen atoms in total. The Kier molecular flexibility index (Phi) is 5.50. The van der Waals surface area contributed by atoms with Crippen LogP contribution in [-0.2, 0) is 9.53 Å². The summed E-state index contributed by atoms with van der Waals surface area (Å²) >= 11 is 1.38. The number of thioether (sulfide) groups is 1. The second kappa shape index (κ2) is 8.20. The summed E-state index contributed by atoms with van der Waals surface area (Å²) in [7, 11) is 0. The fraction of sp³-hybridized carbons (Fsp3) is 0.350. The van der Waals surface area contributed by atoms with Crippen molar-refractivity contribution >= 4 is 17.7 Å². The van der Waals surface area contributed by atoms with Gasteiger partial charge in [-0.2, -0.15) is 0 Å². The molecule has 3 heterocycles. The van der Waals surface area contributed by atoms with E-state index in [1.807, 2.05) is 65.8 Å². The van der Waals surface area contributed by atoms with Crippen molar-refractivity contribution in [1.29, 1.82) is 0 Å². The van der Waals surface area contributed by atoms with Gasteiger partial charge in [0.2, 0.25) is 11.7 Å². The minimum Gasteiger partial charge on any atom is -0.461 e. The van der Waals surface area contributed by atoms with E-state index >= 15 is 0 Å². The molecule has 0 bridgehead atoms. The number of rotatable bonds is 5. The quantitative estimate of drug-likeness (QED) is 0.614. The highest BCUT2D eigenvalue weighted by Gasteiger charge is 2.26. The summed E-state index contributed by atoms with van der Waals surface area (Å²) in [6.07, 6.45) is 1.71. The largest absolute Gasteiger partial charge is 0.461 e. The van der Waals surface area contributed by atoms with Gasteiger partial charge in [0.1, 0.15) is 0 Å². The Labute approximate surface area is 167 Å². The van der Waals surface area contributed by atoms with Crippen molar-refractivity contribution in [3.63, 3.8) is 0 Å². The van der Waals surface area contributed by atoms with Gasteiger partial charge in [-0.3, -0.25) is 9.36 Å². The van der Waals surface area contributed by atoms with Gasteiger partial charge in [-0.05, 0) is 38.1 Å². The summed E-state index contributed by atoms with van der Waals surface area (Å²) in [6.45, 7) is 5.22. The molecule has 28 heavy (non-hydrogen) atoms. The van der Waals surface area contributed by atoms with Gasteiger partial charge in [-0.1, -0.05) is 30.0 Å². The third-order valence-corrected chi connectivity index (χ3v) is 5.40. The average Bonchev–Trinajstić information content (AvgIpc) is 3.35. The molecular formula is C20H22N4O3S. The van der Waals surface area contributed by atoms with Crippen molar-refractivity contribution in [2.75, 3.05) is 18.8 Å². The second-order valence-corrected chi connectivity index (χ2v) is 7.74. The van der Waals surface area contributed by atoms with E-state index in [-0.39, 0.29) is 18.1 Å². The normalized spacial score (nSPS) is 19.7. The Morgan fingerprint density at radius 3 is 2.54 bits per heavy atom. The first-order valence-corrected chi connectivity index (χ1v) is 10.2. The van der Waals surface area contributed by atoms with Crippen molar-refractivity contribution in [1.82, 2.24) is 19.7 Å². The van der Waals surface area contributed by atoms with E-state index in [2.05, 4.69) is 10.2 Å². The first-order valence-electron chi connectivity index (χ1n) is 9.22. The summed E-state index contributed by atoms with van der Waals surface area (Å²) in [5.41, 5.74) is 0.919. The number of amides is 1. The molecule has 1 aliphatic heterocycles. The summed E-state index contributed by atoms with van der Waals surface area (Å²) in [5.74, 6) is 1.61. The SMILES string of the molecule is CC1CN(C(=O)CSc2nnc(-c3ccco3)n2-c2ccccc2)CC(C)O1. The molecule has 1 aliphatic rings. The lowest BCUT2D eigenvalue weighted by molar-refractivity contribution is -0.140. The van der Waals surface area contributed by atoms with Gasteiger partial charge < -0.3 is 14.1 Å². The molecule has 0 N–H and O–H groups in total. The topological polar surface area (TPSA) is 73.4 Å². The Bertz CT molecular complexity index is 916. The molecular weight excluding hydrogens is 376 g/mol. The standard InChI is InChI=1S/C20H22N4O3S/c1-14-11-23(12-15(2)27-14)18(25)13-28-20-22-21-19(17-9-6-10-26-17)24(20)16-7-4-3-5-8-16/h3-10,14-15H,11-13H2,1-2H3. The maximum atomic E-state index is 12.7. The molecule has 3 aromatic rings. The van der Waals surface area contributed by atoms with Crippen LogP contribution in [0.1, 0.15) is 13.8 Å². The van der Waals surface area contributed by atoms with Gasteiger partial charge in [0, 0.05) is 18.8 Å². The van der Waals surface area contributed by atoms with Crippen molar-refractivity contribution in [2.24, 2.45) is 0 Å². The van der Waals surface area contributed by atoms with E-state index in [0.29, 0.717) is 35.6 Å². The van der Waals surface area contributed by atoms with Crippen LogP contribution in [0, 0.1) is 0 Å². The van der Waals surface area contributed by atoms with E-state index in [1.165, 1.54) is 11.8 Å². The summed E-state index contributed by atoms with van der Waals surface area (Å²) in [5, 5.41) is 9.27. The molecule has 0 aliphatic carbocycles. The molecule has 0 spiro atoms. The first kappa shape index (κ1) is 18.8. The lowest BCUT2D eigenvalue weighted by Crippen LogP contribution is -2.48. The molecule has 8 heteroatoms. The second-order valence-electron chi connectivity index (χ2n) is 6.80. The number of carbonyl (C=O) groups is 1. The molecule has 1 saturated heterocycles. The zero-order chi connectivity index (χ0) is 19.5. The van der Waals surface area contributed by atoms with E-state index < -0.39 is 0 Å². The number of ether oxygens (including phenoxy) is 1. The van der Waals surface area contributed by atoms with Gasteiger partial charge >= 0.3 is 0 Å². The maximum absolute atomic E-state index is 12.7. The van der Waals surface area contributed by atoms with Gasteiger partial charge in [0.15, 0.2) is 10.9 Å². The zero-order valence-electron chi connectivity index (χ0n) is 15.8. The molecule has 2 atom stereocenters. The number of benzene rings is 1. The van der Waals surface area contributed by atoms with E-state index in [0.717, 1.165) is 5.69 Å². The zero-order valence-corrected chi connectivity index (χ0v) is 16.6. The van der Waals surface area contributed by atoms with Crippen LogP contribution in [0.4, 0.5) is 0 Å². The molecule has 2 unspecified atom stereocenters. The molecule has 0 saturated carbocycles. The number of nitrogens with zero attached hydrogens (tertiary/aromatic N) is 4. The lowest BCUT2D eigenvalue weighted by Gasteiger charge is -2.35. The Hall–Kier alpha value is -2.58. The van der Waals surface area contributed by atoms with Crippen molar-refractivity contribution in [3.05, 3.63) is 48.7 Å². The third-order valence-electron chi connectivity index (χ3n) is 4.49. The lowest BCUT2D eigenvalue weighted by atomic mass is 10.2. The van der Waals surface area contributed by atoms with Crippen LogP contribution in [0.3, 0.4) is 0 Å². The van der Waals surface area contributed by atoms with E-state index in [1.54, 1.807) is 6.26 Å². The van der Waals surface area contributed by atoms with Crippen LogP contribution in [0.25, 0.3) is 17.3 Å². The molecule has 1 amide bonds. The van der Waals surface area contributed by atoms with E-state index in [4.69, 9.17) is 9.15 Å². The molecule has 2 aromatic heterocycles. The number of morpholine rings is 1. The predicted octanol–water partition coefficient (Wildman–Crippen LogP) is 3.26. The molecule has 146 valence electrons. The fourth-order valence-corrected chi connectivity index (χ4v) is 4.19. The summed E-state index contributed by atoms with van der Waals surface area (Å²) in [4.78, 5) is 14.6. The Morgan fingerprint density at radius 1 is 1.11 bits per heavy atom. The monoisotopic (exact) mass is 398 g/mol. The Balaban J connectivity index is 1.56. The van der Waals surface area contributed by atoms with Crippen molar-refractivity contribution in [3.8, 4) is 17.3 Å². The number of carbonyl (C=O) groups excluding carboxylic acids is 1. The number of hydrogen-bond acceptors (Lipinski definition) is 6. The maximum Gasteiger partial charge on any atom is 0.233 e. The van der Waals surface area contributed by atoms with Crippen LogP contribution in [0.15, 0.2) is 58.3 Å². The molecule has 1 aromatic carbocycles. The van der Waals surface area contributed by atoms with E-state index in [9.17, 15) is 4.79 Å². The average molecular weight is 398 g/mol. The summed E-state index contributed by atoms with van der Waals surface area (Å²) in [6, 6.07) is 13.5. The minimum absolute atomic E-state index is 0.0521. The number of hydrogen-bond donors (Lipinski definition) is 0. The smallest absolute Gasteiger partial charge is 0.233 e. The van der Waals surface area contributed by atoms with Crippen LogP contribution in [-0.4, -0.2) is 56.6 Å². The van der Waals surface area contributed by atoms with Crippen LogP contribution in [0.5, 0.6) is 0 Å². The van der Waals surface area contributed by atoms with Crippen molar-refractivity contribution in [2.45, 2.75) is 31.2 Å². The number of aromatic nitrogens is 3. The molecule has 0 radical (unpaired) electrons. The van der Waals surface area contributed by atoms with Crippen LogP contribution < -0.4 is 0 Å². The first-order chi connectivity index (χ1) is 13.6. The van der Waals surface area contributed by atoms with Gasteiger partial charge in [0.05, 0.1) is 24.2 Å². The van der Waals surface area contributed by atoms with Gasteiger partial charge in [-0.25, -0.2) is 0 Å². The molecule has 4 rings (SSSR count). The van der Waals surface area contributed by atoms with Crippen LogP contribution in [0.2, 0.25) is 0 Å². The number of para-hydroxylation sites is 1. The van der Waals surface area contributed by atoms with Gasteiger partial charge in [0.25, 0.3) is 0 Å². The molecule has 1 fully saturated rings. The van der Waals surface area contributed by atoms with Crippen molar-refractivity contribution < 1.29 is 13.9 Å². The highest BCUT2D eigenvalue weighted by Crippen LogP contribution is 2.28. The van der Waals surface area contributed by atoms with Crippen LogP contribution >= 0.6 is 11.8 Å².